The fraction of sp³-hybridized carbons (Fsp3) is 0.526. The molecule has 0 saturated heterocycles. The van der Waals surface area contributed by atoms with Crippen LogP contribution >= 0.6 is 0 Å². The maximum atomic E-state index is 13.8. The molecule has 17 N–H and O–H groups in total. The smallest absolute Gasteiger partial charge is 0.407 e. The number of benzene rings is 2. The summed E-state index contributed by atoms with van der Waals surface area (Å²) in [6, 6.07) is 3.85. The third-order valence-electron chi connectivity index (χ3n) is 13.3. The van der Waals surface area contributed by atoms with Crippen LogP contribution in [0, 0.1) is 5.92 Å². The summed E-state index contributed by atoms with van der Waals surface area (Å²) >= 11 is 0. The van der Waals surface area contributed by atoms with Crippen LogP contribution in [0.4, 0.5) is 9.59 Å². The molecule has 2 rings (SSSR count). The largest absolute Gasteiger partial charge is 0.481 e. The van der Waals surface area contributed by atoms with Gasteiger partial charge in [-0.25, -0.2) is 9.59 Å². The number of carbonyl (C=O) groups excluding carboxylic acids is 13. The van der Waals surface area contributed by atoms with E-state index in [0.717, 1.165) is 25.0 Å². The van der Waals surface area contributed by atoms with Crippen LogP contribution in [0.3, 0.4) is 0 Å². The van der Waals surface area contributed by atoms with E-state index >= 15 is 0 Å². The van der Waals surface area contributed by atoms with Gasteiger partial charge in [0.15, 0.2) is 0 Å². The molecular formula is C57H83N13O19. The van der Waals surface area contributed by atoms with E-state index in [1.54, 1.807) is 61.5 Å². The summed E-state index contributed by atoms with van der Waals surface area (Å²) in [4.78, 5) is 192. The summed E-state index contributed by atoms with van der Waals surface area (Å²) in [5.74, 6) is -15.1. The Morgan fingerprint density at radius 3 is 1.20 bits per heavy atom. The van der Waals surface area contributed by atoms with Crippen LogP contribution < -0.4 is 70.0 Å². The van der Waals surface area contributed by atoms with Crippen molar-refractivity contribution in [1.29, 1.82) is 0 Å². The van der Waals surface area contributed by atoms with Crippen LogP contribution in [0.2, 0.25) is 0 Å². The summed E-state index contributed by atoms with van der Waals surface area (Å²) < 4.78 is 10.3. The molecule has 10 atom stereocenters. The third kappa shape index (κ3) is 30.3. The van der Waals surface area contributed by atoms with Crippen molar-refractivity contribution in [3.8, 4) is 0 Å². The van der Waals surface area contributed by atoms with E-state index in [4.69, 9.17) is 20.9 Å². The van der Waals surface area contributed by atoms with Gasteiger partial charge in [-0.1, -0.05) is 80.9 Å². The van der Waals surface area contributed by atoms with Gasteiger partial charge in [0, 0.05) is 20.0 Å². The molecule has 0 aliphatic carbocycles. The number of hydrogen-bond acceptors (Lipinski definition) is 17. The predicted molar refractivity (Wildman–Crippen MR) is 314 cm³/mol. The Kier molecular flexibility index (Phi) is 33.6. The van der Waals surface area contributed by atoms with E-state index < -0.39 is 169 Å². The Balaban J connectivity index is 2.04. The summed E-state index contributed by atoms with van der Waals surface area (Å²) in [6.45, 7) is 8.22. The second-order valence-corrected chi connectivity index (χ2v) is 20.8. The lowest BCUT2D eigenvalue weighted by Gasteiger charge is -2.28. The zero-order chi connectivity index (χ0) is 66.8. The highest BCUT2D eigenvalue weighted by atomic mass is 16.6. The van der Waals surface area contributed by atoms with Crippen molar-refractivity contribution in [2.45, 2.75) is 173 Å². The first kappa shape index (κ1) is 75.2. The minimum atomic E-state index is -1.96. The van der Waals surface area contributed by atoms with Gasteiger partial charge >= 0.3 is 24.1 Å². The maximum absolute atomic E-state index is 13.8. The number of carboxylic acid groups (broad SMARTS) is 2. The highest BCUT2D eigenvalue weighted by Gasteiger charge is 2.36. The first-order valence-corrected chi connectivity index (χ1v) is 28.6. The number of nitrogens with two attached hydrogens (primary N) is 2. The molecule has 0 aliphatic rings. The van der Waals surface area contributed by atoms with Gasteiger partial charge in [0.25, 0.3) is 0 Å². The quantitative estimate of drug-likeness (QED) is 0.0320. The van der Waals surface area contributed by atoms with E-state index in [0.29, 0.717) is 19.3 Å². The highest BCUT2D eigenvalue weighted by molar-refractivity contribution is 6.00. The SMILES string of the molecule is CC[C@H](C)[C@H](NC(=O)[C@H](C)NC(=O)[C@H](C)NC(=O)[C@H](CC(=O)O)NC(=O)[C@H](CC(N)=O)NC(=O)[C@H](CCCCNC(=O)OCc1ccccc1)NC(C)=O)C(=O)N[C@@H](CC(=O)O)C(=O)N[C@@H](C)C(=O)N[C@@H](CCCCNC(=O)OCc1ccccc1)C(N)=O. The minimum absolute atomic E-state index is 0.0273. The van der Waals surface area contributed by atoms with Crippen molar-refractivity contribution in [1.82, 2.24) is 58.5 Å². The van der Waals surface area contributed by atoms with Gasteiger partial charge in [0.05, 0.1) is 19.3 Å². The second-order valence-electron chi connectivity index (χ2n) is 20.8. The van der Waals surface area contributed by atoms with Crippen molar-refractivity contribution < 1.29 is 91.6 Å². The van der Waals surface area contributed by atoms with Crippen LogP contribution in [0.25, 0.3) is 0 Å². The van der Waals surface area contributed by atoms with Crippen molar-refractivity contribution in [2.24, 2.45) is 17.4 Å². The molecular weight excluding hydrogens is 1170 g/mol. The van der Waals surface area contributed by atoms with Crippen LogP contribution in [0.15, 0.2) is 60.7 Å². The molecule has 0 bridgehead atoms. The lowest BCUT2D eigenvalue weighted by atomic mass is 9.97. The van der Waals surface area contributed by atoms with E-state index in [1.807, 2.05) is 6.07 Å². The molecule has 0 aromatic heterocycles. The standard InChI is InChI=1S/C57H83N13O19/c1-7-31(2)46(55(85)69-42(28-45(75)76)53(83)64-33(4)49(79)66-38(47(59)77)22-14-16-24-60-56(86)88-29-36-18-10-8-11-19-36)70-50(80)34(5)62-48(78)32(3)63-52(82)41(27-44(73)74)68-54(84)40(26-43(58)72)67-51(81)39(65-35(6)71)23-15-17-25-61-57(87)89-30-37-20-12-9-13-21-37/h8-13,18-21,31-34,38-42,46H,7,14-17,22-30H2,1-6H3,(H2,58,72)(H2,59,77)(H,60,86)(H,61,87)(H,62,78)(H,63,82)(H,64,83)(H,65,71)(H,66,79)(H,67,81)(H,68,84)(H,69,85)(H,70,80)(H,73,74)(H,75,76)/t31-,32-,33-,34-,38-,39-,40-,41-,42-,46-/m0/s1. The highest BCUT2D eigenvalue weighted by Crippen LogP contribution is 2.12. The van der Waals surface area contributed by atoms with Gasteiger partial charge in [-0.2, -0.15) is 0 Å². The number of nitrogens with one attached hydrogen (secondary N) is 11. The number of amides is 13. The minimum Gasteiger partial charge on any atom is -0.481 e. The number of primary amides is 2. The molecule has 0 saturated carbocycles. The number of aliphatic carboxylic acids is 2. The second kappa shape index (κ2) is 39.7. The first-order chi connectivity index (χ1) is 42.0. The van der Waals surface area contributed by atoms with Crippen molar-refractivity contribution in [3.63, 3.8) is 0 Å². The normalized spacial score (nSPS) is 14.1. The molecule has 0 radical (unpaired) electrons. The molecule has 2 aromatic rings. The number of carboxylic acids is 2. The van der Waals surface area contributed by atoms with Crippen LogP contribution in [-0.2, 0) is 85.0 Å². The van der Waals surface area contributed by atoms with Gasteiger partial charge < -0.3 is 89.6 Å². The number of alkyl carbamates (subject to hydrolysis) is 2. The molecule has 32 heteroatoms. The fourth-order valence-corrected chi connectivity index (χ4v) is 8.10. The van der Waals surface area contributed by atoms with Crippen molar-refractivity contribution in [3.05, 3.63) is 71.8 Å². The van der Waals surface area contributed by atoms with Gasteiger partial charge in [-0.3, -0.25) is 62.3 Å². The van der Waals surface area contributed by atoms with E-state index in [9.17, 15) is 82.1 Å². The van der Waals surface area contributed by atoms with Crippen LogP contribution in [0.1, 0.15) is 117 Å². The van der Waals surface area contributed by atoms with Crippen LogP contribution in [-0.4, -0.2) is 167 Å². The zero-order valence-electron chi connectivity index (χ0n) is 50.4. The molecule has 13 amide bonds. The Morgan fingerprint density at radius 2 is 0.798 bits per heavy atom. The van der Waals surface area contributed by atoms with Crippen molar-refractivity contribution >= 4 is 89.1 Å². The van der Waals surface area contributed by atoms with Gasteiger partial charge in [0.2, 0.25) is 65.0 Å². The number of hydrogen-bond donors (Lipinski definition) is 15. The Labute approximate surface area is 513 Å². The number of carbonyl (C=O) groups is 15. The molecule has 2 aromatic carbocycles. The lowest BCUT2D eigenvalue weighted by molar-refractivity contribution is -0.142. The topological polar surface area (TPSA) is 499 Å². The summed E-state index contributed by atoms with van der Waals surface area (Å²) in [5.41, 5.74) is 12.4. The Morgan fingerprint density at radius 1 is 0.438 bits per heavy atom. The third-order valence-corrected chi connectivity index (χ3v) is 13.3. The van der Waals surface area contributed by atoms with Gasteiger partial charge in [0.1, 0.15) is 67.6 Å². The number of rotatable bonds is 40. The molecule has 0 aliphatic heterocycles. The summed E-state index contributed by atoms with van der Waals surface area (Å²) in [6.07, 6.45) is -2.86. The van der Waals surface area contributed by atoms with E-state index in [-0.39, 0.29) is 52.0 Å². The molecule has 0 unspecified atom stereocenters. The van der Waals surface area contributed by atoms with Gasteiger partial charge in [-0.05, 0) is 76.3 Å². The monoisotopic (exact) mass is 1250 g/mol. The van der Waals surface area contributed by atoms with Crippen molar-refractivity contribution in [2.75, 3.05) is 13.1 Å². The lowest BCUT2D eigenvalue weighted by Crippen LogP contribution is -2.60. The molecule has 490 valence electrons. The van der Waals surface area contributed by atoms with Crippen LogP contribution in [0.5, 0.6) is 0 Å². The molecule has 89 heavy (non-hydrogen) atoms. The summed E-state index contributed by atoms with van der Waals surface area (Å²) in [7, 11) is 0. The van der Waals surface area contributed by atoms with E-state index in [1.165, 1.54) is 20.8 Å². The number of unbranched alkanes of at least 4 members (excludes halogenated alkanes) is 2. The number of ether oxygens (including phenoxy) is 2. The first-order valence-electron chi connectivity index (χ1n) is 28.6. The maximum Gasteiger partial charge on any atom is 0.407 e. The van der Waals surface area contributed by atoms with Gasteiger partial charge in [-0.15, -0.1) is 0 Å². The average molecular weight is 1250 g/mol. The molecule has 0 heterocycles. The summed E-state index contributed by atoms with van der Waals surface area (Å²) in [5, 5.41) is 45.2. The predicted octanol–water partition coefficient (Wildman–Crippen LogP) is -2.02. The average Bonchev–Trinajstić information content (AvgIpc) is 3.20. The molecule has 32 nitrogen and oxygen atoms in total. The van der Waals surface area contributed by atoms with E-state index in [2.05, 4.69) is 58.5 Å². The zero-order valence-corrected chi connectivity index (χ0v) is 50.4. The molecule has 0 fully saturated rings. The Hall–Kier alpha value is -9.91. The fourth-order valence-electron chi connectivity index (χ4n) is 8.10. The Bertz CT molecular complexity index is 2780. The molecule has 0 spiro atoms.